The summed E-state index contributed by atoms with van der Waals surface area (Å²) in [4.78, 5) is 12.6. The Kier molecular flexibility index (Phi) is 8.43. The maximum absolute atomic E-state index is 12.6. The van der Waals surface area contributed by atoms with Gasteiger partial charge in [-0.3, -0.25) is 9.10 Å². The lowest BCUT2D eigenvalue weighted by Gasteiger charge is -2.28. The minimum Gasteiger partial charge on any atom is -0.353 e. The molecule has 2 aromatic rings. The summed E-state index contributed by atoms with van der Waals surface area (Å²) in [5.74, 6) is 1.23. The van der Waals surface area contributed by atoms with Crippen LogP contribution in [-0.2, 0) is 20.6 Å². The molecule has 1 atom stereocenters. The van der Waals surface area contributed by atoms with Crippen LogP contribution >= 0.6 is 23.4 Å². The van der Waals surface area contributed by atoms with Crippen LogP contribution in [0.25, 0.3) is 0 Å². The van der Waals surface area contributed by atoms with Crippen molar-refractivity contribution >= 4 is 45.0 Å². The number of anilines is 1. The standard InChI is InChI=1S/C21H27ClN2O3S2/c1-15-11-16(2)13-20(12-15)24(29(4,26)27)17(3)21(25)23-9-10-28-14-18-5-7-19(22)8-6-18/h5-8,11-13,17H,9-10,14H2,1-4H3,(H,23,25)/t17-/m0/s1. The Hall–Kier alpha value is -1.70. The van der Waals surface area contributed by atoms with Gasteiger partial charge in [0.1, 0.15) is 6.04 Å². The molecule has 0 spiro atoms. The first-order valence-corrected chi connectivity index (χ1v) is 12.6. The molecule has 0 radical (unpaired) electrons. The number of nitrogens with one attached hydrogen (secondary N) is 1. The van der Waals surface area contributed by atoms with E-state index in [2.05, 4.69) is 5.32 Å². The molecule has 0 heterocycles. The number of nitrogens with zero attached hydrogens (tertiary/aromatic N) is 1. The van der Waals surface area contributed by atoms with Gasteiger partial charge >= 0.3 is 0 Å². The van der Waals surface area contributed by atoms with E-state index >= 15 is 0 Å². The Morgan fingerprint density at radius 1 is 1.14 bits per heavy atom. The first-order chi connectivity index (χ1) is 13.6. The third-order valence-electron chi connectivity index (χ3n) is 4.28. The molecule has 0 bridgehead atoms. The lowest BCUT2D eigenvalue weighted by Crippen LogP contribution is -2.48. The van der Waals surface area contributed by atoms with E-state index in [1.54, 1.807) is 30.8 Å². The number of carbonyl (C=O) groups is 1. The number of thioether (sulfide) groups is 1. The molecule has 0 aliphatic rings. The second-order valence-electron chi connectivity index (χ2n) is 7.05. The molecule has 0 aliphatic carbocycles. The van der Waals surface area contributed by atoms with E-state index in [1.807, 2.05) is 44.2 Å². The van der Waals surface area contributed by atoms with Gasteiger partial charge in [0.25, 0.3) is 0 Å². The molecule has 1 N–H and O–H groups in total. The van der Waals surface area contributed by atoms with E-state index in [9.17, 15) is 13.2 Å². The van der Waals surface area contributed by atoms with Gasteiger partial charge in [-0.2, -0.15) is 11.8 Å². The Labute approximate surface area is 182 Å². The number of sulfonamides is 1. The minimum absolute atomic E-state index is 0.318. The topological polar surface area (TPSA) is 66.5 Å². The van der Waals surface area contributed by atoms with E-state index < -0.39 is 16.1 Å². The average molecular weight is 455 g/mol. The zero-order valence-corrected chi connectivity index (χ0v) is 19.5. The maximum atomic E-state index is 12.6. The van der Waals surface area contributed by atoms with Crippen LogP contribution in [0.15, 0.2) is 42.5 Å². The number of hydrogen-bond donors (Lipinski definition) is 1. The number of aryl methyl sites for hydroxylation is 2. The molecule has 29 heavy (non-hydrogen) atoms. The van der Waals surface area contributed by atoms with Crippen molar-refractivity contribution in [1.82, 2.24) is 5.32 Å². The predicted molar refractivity (Wildman–Crippen MR) is 123 cm³/mol. The average Bonchev–Trinajstić information content (AvgIpc) is 2.61. The van der Waals surface area contributed by atoms with Crippen molar-refractivity contribution in [3.63, 3.8) is 0 Å². The van der Waals surface area contributed by atoms with Gasteiger partial charge in [-0.1, -0.05) is 29.8 Å². The van der Waals surface area contributed by atoms with Crippen molar-refractivity contribution in [1.29, 1.82) is 0 Å². The smallest absolute Gasteiger partial charge is 0.243 e. The molecule has 2 rings (SSSR count). The van der Waals surface area contributed by atoms with Crippen LogP contribution in [-0.4, -0.2) is 38.9 Å². The van der Waals surface area contributed by atoms with Crippen molar-refractivity contribution in [3.05, 3.63) is 64.2 Å². The van der Waals surface area contributed by atoms with Crippen molar-refractivity contribution in [2.75, 3.05) is 22.9 Å². The van der Waals surface area contributed by atoms with Crippen LogP contribution in [0.5, 0.6) is 0 Å². The minimum atomic E-state index is -3.61. The highest BCUT2D eigenvalue weighted by Crippen LogP contribution is 2.24. The van der Waals surface area contributed by atoms with Gasteiger partial charge in [-0.05, 0) is 61.7 Å². The fraction of sp³-hybridized carbons (Fsp3) is 0.381. The quantitative estimate of drug-likeness (QED) is 0.577. The number of hydrogen-bond acceptors (Lipinski definition) is 4. The van der Waals surface area contributed by atoms with Crippen molar-refractivity contribution < 1.29 is 13.2 Å². The van der Waals surface area contributed by atoms with Crippen LogP contribution in [0.4, 0.5) is 5.69 Å². The Morgan fingerprint density at radius 3 is 2.28 bits per heavy atom. The van der Waals surface area contributed by atoms with Gasteiger partial charge < -0.3 is 5.32 Å². The molecule has 0 saturated carbocycles. The van der Waals surface area contributed by atoms with Crippen LogP contribution in [0.2, 0.25) is 5.02 Å². The van der Waals surface area contributed by atoms with E-state index in [0.717, 1.165) is 34.5 Å². The Bertz CT molecular complexity index is 927. The molecular weight excluding hydrogens is 428 g/mol. The number of benzene rings is 2. The zero-order chi connectivity index (χ0) is 21.6. The van der Waals surface area contributed by atoms with Crippen molar-refractivity contribution in [3.8, 4) is 0 Å². The van der Waals surface area contributed by atoms with E-state index in [-0.39, 0.29) is 5.91 Å². The van der Waals surface area contributed by atoms with Crippen LogP contribution in [0.1, 0.15) is 23.6 Å². The fourth-order valence-electron chi connectivity index (χ4n) is 3.05. The summed E-state index contributed by atoms with van der Waals surface area (Å²) in [5, 5.41) is 3.55. The van der Waals surface area contributed by atoms with Crippen LogP contribution in [0.3, 0.4) is 0 Å². The fourth-order valence-corrected chi connectivity index (χ4v) is 5.15. The molecule has 1 amide bonds. The van der Waals surface area contributed by atoms with E-state index in [4.69, 9.17) is 11.6 Å². The molecule has 0 aromatic heterocycles. The summed E-state index contributed by atoms with van der Waals surface area (Å²) in [5.41, 5.74) is 3.56. The van der Waals surface area contributed by atoms with Crippen molar-refractivity contribution in [2.24, 2.45) is 0 Å². The molecule has 0 unspecified atom stereocenters. The number of amides is 1. The molecule has 0 saturated heterocycles. The van der Waals surface area contributed by atoms with Crippen LogP contribution < -0.4 is 9.62 Å². The molecule has 0 aliphatic heterocycles. The summed E-state index contributed by atoms with van der Waals surface area (Å²) in [6.45, 7) is 5.87. The Balaban J connectivity index is 1.94. The highest BCUT2D eigenvalue weighted by atomic mass is 35.5. The van der Waals surface area contributed by atoms with Crippen molar-refractivity contribution in [2.45, 2.75) is 32.6 Å². The lowest BCUT2D eigenvalue weighted by atomic mass is 10.1. The van der Waals surface area contributed by atoms with E-state index in [0.29, 0.717) is 17.3 Å². The maximum Gasteiger partial charge on any atom is 0.243 e. The largest absolute Gasteiger partial charge is 0.353 e. The van der Waals surface area contributed by atoms with Gasteiger partial charge in [0.15, 0.2) is 0 Å². The molecule has 8 heteroatoms. The van der Waals surface area contributed by atoms with Gasteiger partial charge in [0, 0.05) is 23.1 Å². The highest BCUT2D eigenvalue weighted by molar-refractivity contribution is 7.98. The monoisotopic (exact) mass is 454 g/mol. The van der Waals surface area contributed by atoms with Gasteiger partial charge in [-0.25, -0.2) is 8.42 Å². The second-order valence-corrected chi connectivity index (χ2v) is 10.5. The first-order valence-electron chi connectivity index (χ1n) is 9.25. The normalized spacial score (nSPS) is 12.4. The highest BCUT2D eigenvalue weighted by Gasteiger charge is 2.29. The third-order valence-corrected chi connectivity index (χ3v) is 6.80. The number of carbonyl (C=O) groups excluding carboxylic acids is 1. The van der Waals surface area contributed by atoms with Gasteiger partial charge in [-0.15, -0.1) is 0 Å². The summed E-state index contributed by atoms with van der Waals surface area (Å²) in [7, 11) is -3.61. The summed E-state index contributed by atoms with van der Waals surface area (Å²) < 4.78 is 26.0. The Morgan fingerprint density at radius 2 is 1.72 bits per heavy atom. The molecule has 5 nitrogen and oxygen atoms in total. The van der Waals surface area contributed by atoms with Crippen LogP contribution in [0, 0.1) is 13.8 Å². The van der Waals surface area contributed by atoms with E-state index in [1.165, 1.54) is 4.31 Å². The molecule has 2 aromatic carbocycles. The molecule has 0 fully saturated rings. The van der Waals surface area contributed by atoms with Gasteiger partial charge in [0.05, 0.1) is 11.9 Å². The summed E-state index contributed by atoms with van der Waals surface area (Å²) >= 11 is 7.57. The SMILES string of the molecule is Cc1cc(C)cc(N([C@@H](C)C(=O)NCCSCc2ccc(Cl)cc2)S(C)(=O)=O)c1. The number of rotatable bonds is 9. The summed E-state index contributed by atoms with van der Waals surface area (Å²) in [6, 6.07) is 12.3. The first kappa shape index (κ1) is 23.6. The predicted octanol–water partition coefficient (Wildman–Crippen LogP) is 4.16. The molecular formula is C21H27ClN2O3S2. The molecule has 158 valence electrons. The zero-order valence-electron chi connectivity index (χ0n) is 17.1. The van der Waals surface area contributed by atoms with Gasteiger partial charge in [0.2, 0.25) is 15.9 Å². The summed E-state index contributed by atoms with van der Waals surface area (Å²) in [6.07, 6.45) is 1.12. The lowest BCUT2D eigenvalue weighted by molar-refractivity contribution is -0.121. The number of halogens is 1. The third kappa shape index (κ3) is 7.24. The second kappa shape index (κ2) is 10.4.